The minimum atomic E-state index is 0.549. The second kappa shape index (κ2) is 12.4. The molecule has 1 aromatic heterocycles. The molecule has 1 saturated heterocycles. The van der Waals surface area contributed by atoms with Crippen LogP contribution in [0.3, 0.4) is 0 Å². The third-order valence-corrected chi connectivity index (χ3v) is 6.52. The smallest absolute Gasteiger partial charge is 0.0733 e. The van der Waals surface area contributed by atoms with Crippen molar-refractivity contribution in [2.45, 2.75) is 52.0 Å². The summed E-state index contributed by atoms with van der Waals surface area (Å²) in [5.74, 6) is 0. The summed E-state index contributed by atoms with van der Waals surface area (Å²) >= 11 is 0. The van der Waals surface area contributed by atoms with Gasteiger partial charge in [0.15, 0.2) is 0 Å². The summed E-state index contributed by atoms with van der Waals surface area (Å²) in [6, 6.07) is 18.7. The maximum absolute atomic E-state index is 5.07. The molecule has 2 aromatic carbocycles. The molecule has 0 amide bonds. The highest BCUT2D eigenvalue weighted by Gasteiger charge is 2.17. The number of rotatable bonds is 8. The van der Waals surface area contributed by atoms with Gasteiger partial charge in [0.2, 0.25) is 0 Å². The fourth-order valence-electron chi connectivity index (χ4n) is 4.21. The van der Waals surface area contributed by atoms with Crippen molar-refractivity contribution in [2.75, 3.05) is 32.1 Å². The molecule has 2 heterocycles. The van der Waals surface area contributed by atoms with E-state index in [9.17, 15) is 0 Å². The lowest BCUT2D eigenvalue weighted by atomic mass is 10.0. The van der Waals surface area contributed by atoms with E-state index in [2.05, 4.69) is 84.5 Å². The molecular weight excluding hydrogens is 404 g/mol. The van der Waals surface area contributed by atoms with Gasteiger partial charge in [0.25, 0.3) is 0 Å². The largest absolute Gasteiger partial charge is 0.394 e. The first kappa shape index (κ1) is 24.8. The summed E-state index contributed by atoms with van der Waals surface area (Å²) in [6.07, 6.45) is 7.49. The first-order chi connectivity index (χ1) is 16.1. The zero-order valence-corrected chi connectivity index (χ0v) is 20.8. The fourth-order valence-corrected chi connectivity index (χ4v) is 4.21. The van der Waals surface area contributed by atoms with E-state index in [0.29, 0.717) is 6.04 Å². The second-order valence-corrected chi connectivity index (χ2v) is 8.84. The molecule has 176 valence electrons. The van der Waals surface area contributed by atoms with Crippen LogP contribution < -0.4 is 15.5 Å². The predicted octanol–water partition coefficient (Wildman–Crippen LogP) is 5.95. The Morgan fingerprint density at radius 1 is 1.03 bits per heavy atom. The van der Waals surface area contributed by atoms with Crippen LogP contribution in [0.2, 0.25) is 0 Å². The molecule has 4 heteroatoms. The zero-order valence-electron chi connectivity index (χ0n) is 20.8. The van der Waals surface area contributed by atoms with E-state index in [1.807, 2.05) is 14.1 Å². The van der Waals surface area contributed by atoms with Crippen LogP contribution in [0, 0.1) is 0 Å². The van der Waals surface area contributed by atoms with Crippen LogP contribution in [0.1, 0.15) is 44.2 Å². The molecule has 1 unspecified atom stereocenters. The highest BCUT2D eigenvalue weighted by Crippen LogP contribution is 2.33. The van der Waals surface area contributed by atoms with Gasteiger partial charge in [0, 0.05) is 42.8 Å². The Morgan fingerprint density at radius 3 is 2.30 bits per heavy atom. The molecule has 33 heavy (non-hydrogen) atoms. The van der Waals surface area contributed by atoms with Crippen molar-refractivity contribution in [1.29, 1.82) is 0 Å². The molecule has 4 nitrogen and oxygen atoms in total. The number of hydrogen-bond donors (Lipinski definition) is 2. The second-order valence-electron chi connectivity index (χ2n) is 8.84. The number of pyridine rings is 1. The summed E-state index contributed by atoms with van der Waals surface area (Å²) in [4.78, 5) is 7.60. The molecular formula is C29H40N4. The minimum Gasteiger partial charge on any atom is -0.394 e. The Balaban J connectivity index is 0.000000709. The summed E-state index contributed by atoms with van der Waals surface area (Å²) in [5.41, 5.74) is 7.50. The van der Waals surface area contributed by atoms with Crippen molar-refractivity contribution in [3.05, 3.63) is 72.4 Å². The Kier molecular flexibility index (Phi) is 9.32. The van der Waals surface area contributed by atoms with E-state index in [1.54, 1.807) is 6.20 Å². The first-order valence-electron chi connectivity index (χ1n) is 12.3. The molecule has 0 radical (unpaired) electrons. The van der Waals surface area contributed by atoms with Crippen molar-refractivity contribution in [2.24, 2.45) is 0 Å². The summed E-state index contributed by atoms with van der Waals surface area (Å²) in [5, 5.41) is 7.29. The minimum absolute atomic E-state index is 0.549. The van der Waals surface area contributed by atoms with Gasteiger partial charge in [-0.05, 0) is 75.5 Å². The Bertz CT molecular complexity index is 1020. The van der Waals surface area contributed by atoms with Gasteiger partial charge in [0.1, 0.15) is 0 Å². The van der Waals surface area contributed by atoms with Crippen LogP contribution in [0.4, 0.5) is 5.69 Å². The monoisotopic (exact) mass is 444 g/mol. The highest BCUT2D eigenvalue weighted by molar-refractivity contribution is 5.94. The number of benzene rings is 2. The van der Waals surface area contributed by atoms with E-state index < -0.39 is 0 Å². The molecule has 0 bridgehead atoms. The predicted molar refractivity (Wildman–Crippen MR) is 144 cm³/mol. The molecule has 0 saturated carbocycles. The quantitative estimate of drug-likeness (QED) is 0.450. The maximum atomic E-state index is 5.07. The fraction of sp³-hybridized carbons (Fsp3) is 0.414. The number of hydrogen-bond acceptors (Lipinski definition) is 4. The molecule has 3 aromatic rings. The first-order valence-corrected chi connectivity index (χ1v) is 12.3. The highest BCUT2D eigenvalue weighted by atomic mass is 15.1. The molecule has 1 atom stereocenters. The van der Waals surface area contributed by atoms with Crippen LogP contribution in [0.5, 0.6) is 0 Å². The molecule has 0 spiro atoms. The van der Waals surface area contributed by atoms with Gasteiger partial charge in [-0.25, -0.2) is 4.98 Å². The van der Waals surface area contributed by atoms with Crippen LogP contribution >= 0.6 is 0 Å². The van der Waals surface area contributed by atoms with Crippen molar-refractivity contribution < 1.29 is 0 Å². The standard InChI is InChI=1S/C26H33N3.C3H7N/c1-4-20-11-14-23-25(17-20)28-24(18-26(23)29-15-5-6-16-29)22-12-9-21(10-13-22)8-7-19(2)27-3;1-3-4-2/h9-14,17-19,27H,4-8,15-16H2,1-3H3;3-4H,1H2,2H3. The van der Waals surface area contributed by atoms with Crippen LogP contribution in [-0.2, 0) is 12.8 Å². The van der Waals surface area contributed by atoms with E-state index >= 15 is 0 Å². The van der Waals surface area contributed by atoms with Gasteiger partial charge in [-0.15, -0.1) is 0 Å². The van der Waals surface area contributed by atoms with Gasteiger partial charge in [-0.1, -0.05) is 49.9 Å². The lowest BCUT2D eigenvalue weighted by Crippen LogP contribution is -2.21. The average molecular weight is 445 g/mol. The van der Waals surface area contributed by atoms with Crippen molar-refractivity contribution in [3.63, 3.8) is 0 Å². The zero-order chi connectivity index (χ0) is 23.6. The third-order valence-electron chi connectivity index (χ3n) is 6.52. The van der Waals surface area contributed by atoms with E-state index in [-0.39, 0.29) is 0 Å². The van der Waals surface area contributed by atoms with Crippen molar-refractivity contribution in [3.8, 4) is 11.3 Å². The normalized spacial score (nSPS) is 14.0. The Morgan fingerprint density at radius 2 is 1.70 bits per heavy atom. The summed E-state index contributed by atoms with van der Waals surface area (Å²) in [6.45, 7) is 10.1. The molecule has 1 fully saturated rings. The third kappa shape index (κ3) is 6.58. The van der Waals surface area contributed by atoms with Gasteiger partial charge in [-0.3, -0.25) is 0 Å². The SMILES string of the molecule is C=CNC.CCc1ccc2c(N3CCCC3)cc(-c3ccc(CCC(C)NC)cc3)nc2c1. The molecule has 1 aliphatic rings. The number of anilines is 1. The number of nitrogens with one attached hydrogen (secondary N) is 2. The molecule has 0 aliphatic carbocycles. The van der Waals surface area contributed by atoms with Crippen LogP contribution in [0.15, 0.2) is 61.3 Å². The number of fused-ring (bicyclic) bond motifs is 1. The molecule has 2 N–H and O–H groups in total. The van der Waals surface area contributed by atoms with Crippen molar-refractivity contribution in [1.82, 2.24) is 15.6 Å². The maximum Gasteiger partial charge on any atom is 0.0733 e. The number of nitrogens with zero attached hydrogens (tertiary/aromatic N) is 2. The molecule has 4 rings (SSSR count). The lowest BCUT2D eigenvalue weighted by molar-refractivity contribution is 0.565. The Hall–Kier alpha value is -2.85. The van der Waals surface area contributed by atoms with Crippen molar-refractivity contribution >= 4 is 16.6 Å². The van der Waals surface area contributed by atoms with Gasteiger partial charge in [-0.2, -0.15) is 0 Å². The summed E-state index contributed by atoms with van der Waals surface area (Å²) < 4.78 is 0. The lowest BCUT2D eigenvalue weighted by Gasteiger charge is -2.21. The topological polar surface area (TPSA) is 40.2 Å². The number of aromatic nitrogens is 1. The Labute approximate surface area is 200 Å². The van der Waals surface area contributed by atoms with E-state index in [0.717, 1.165) is 43.6 Å². The van der Waals surface area contributed by atoms with Crippen LogP contribution in [-0.4, -0.2) is 38.2 Å². The van der Waals surface area contributed by atoms with Crippen LogP contribution in [0.25, 0.3) is 22.2 Å². The number of aryl methyl sites for hydroxylation is 2. The van der Waals surface area contributed by atoms with Gasteiger partial charge >= 0.3 is 0 Å². The molecule has 1 aliphatic heterocycles. The van der Waals surface area contributed by atoms with E-state index in [1.165, 1.54) is 40.6 Å². The van der Waals surface area contributed by atoms with Gasteiger partial charge < -0.3 is 15.5 Å². The average Bonchev–Trinajstić information content (AvgIpc) is 3.41. The van der Waals surface area contributed by atoms with E-state index in [4.69, 9.17) is 4.98 Å². The summed E-state index contributed by atoms with van der Waals surface area (Å²) in [7, 11) is 3.84. The van der Waals surface area contributed by atoms with Gasteiger partial charge in [0.05, 0.1) is 11.2 Å².